The van der Waals surface area contributed by atoms with Crippen LogP contribution in [0.1, 0.15) is 36.7 Å². The van der Waals surface area contributed by atoms with E-state index >= 15 is 0 Å². The predicted octanol–water partition coefficient (Wildman–Crippen LogP) is 6.25. The van der Waals surface area contributed by atoms with Crippen LogP contribution in [0, 0.1) is 0 Å². The molecule has 5 aromatic rings. The summed E-state index contributed by atoms with van der Waals surface area (Å²) in [4.78, 5) is 31.5. The van der Waals surface area contributed by atoms with Crippen LogP contribution in [-0.4, -0.2) is 17.7 Å². The minimum Gasteiger partial charge on any atom is -0.497 e. The average Bonchev–Trinajstić information content (AvgIpc) is 3.29. The van der Waals surface area contributed by atoms with Crippen molar-refractivity contribution in [2.24, 2.45) is 4.99 Å². The standard InChI is InChI=1S/C30H27N3O4S/c1-30(2,3)21-11-9-19(10-12-21)27(34)32-33-25(24-17-20-7-5-6-8-26(20)37-28(24)35)18-38-29(33)31-22-13-15-23(36-4)16-14-22/h5-18H,1-4H3,(H,32,34). The summed E-state index contributed by atoms with van der Waals surface area (Å²) in [7, 11) is 1.60. The number of carbonyl (C=O) groups excluding carboxylic acids is 1. The first kappa shape index (κ1) is 25.2. The number of thiazole rings is 1. The second-order valence-electron chi connectivity index (χ2n) is 9.80. The minimum atomic E-state index is -0.505. The molecule has 0 aliphatic carbocycles. The first-order valence-electron chi connectivity index (χ1n) is 12.1. The molecule has 0 bridgehead atoms. The molecule has 0 fully saturated rings. The lowest BCUT2D eigenvalue weighted by Crippen LogP contribution is -2.32. The van der Waals surface area contributed by atoms with Gasteiger partial charge >= 0.3 is 5.63 Å². The Balaban J connectivity index is 1.61. The summed E-state index contributed by atoms with van der Waals surface area (Å²) in [5, 5.41) is 2.56. The average molecular weight is 526 g/mol. The summed E-state index contributed by atoms with van der Waals surface area (Å²) < 4.78 is 12.3. The highest BCUT2D eigenvalue weighted by Crippen LogP contribution is 2.24. The molecule has 0 saturated heterocycles. The highest BCUT2D eigenvalue weighted by Gasteiger charge is 2.18. The van der Waals surface area contributed by atoms with Crippen LogP contribution in [0.25, 0.3) is 22.2 Å². The van der Waals surface area contributed by atoms with E-state index in [1.807, 2.05) is 54.6 Å². The molecule has 3 aromatic carbocycles. The monoisotopic (exact) mass is 525 g/mol. The van der Waals surface area contributed by atoms with Gasteiger partial charge in [0.2, 0.25) is 4.80 Å². The van der Waals surface area contributed by atoms with Gasteiger partial charge in [0.25, 0.3) is 5.91 Å². The molecule has 0 aliphatic heterocycles. The molecule has 0 atom stereocenters. The Kier molecular flexibility index (Phi) is 6.73. The molecule has 38 heavy (non-hydrogen) atoms. The number of rotatable bonds is 5. The van der Waals surface area contributed by atoms with Crippen molar-refractivity contribution in [3.8, 4) is 17.0 Å². The summed E-state index contributed by atoms with van der Waals surface area (Å²) in [6.07, 6.45) is 0. The third-order valence-electron chi connectivity index (χ3n) is 6.15. The fourth-order valence-corrected chi connectivity index (χ4v) is 4.84. The molecule has 2 heterocycles. The summed E-state index contributed by atoms with van der Waals surface area (Å²) in [5.41, 5.74) is 5.98. The van der Waals surface area contributed by atoms with Crippen LogP contribution in [0.2, 0.25) is 0 Å². The van der Waals surface area contributed by atoms with Crippen molar-refractivity contribution in [3.63, 3.8) is 0 Å². The van der Waals surface area contributed by atoms with E-state index in [0.717, 1.165) is 10.9 Å². The van der Waals surface area contributed by atoms with Gasteiger partial charge in [0, 0.05) is 16.3 Å². The molecular weight excluding hydrogens is 498 g/mol. The summed E-state index contributed by atoms with van der Waals surface area (Å²) in [5.74, 6) is 0.385. The number of aromatic nitrogens is 1. The number of nitrogens with zero attached hydrogens (tertiary/aromatic N) is 2. The van der Waals surface area contributed by atoms with Crippen LogP contribution in [0.5, 0.6) is 5.75 Å². The molecule has 0 unspecified atom stereocenters. The number of nitrogens with one attached hydrogen (secondary N) is 1. The molecule has 2 aromatic heterocycles. The molecule has 0 aliphatic rings. The van der Waals surface area contributed by atoms with Gasteiger partial charge in [-0.1, -0.05) is 51.1 Å². The van der Waals surface area contributed by atoms with Crippen LogP contribution in [0.15, 0.2) is 98.4 Å². The first-order valence-corrected chi connectivity index (χ1v) is 13.0. The molecule has 5 rings (SSSR count). The Morgan fingerprint density at radius 1 is 1.00 bits per heavy atom. The molecule has 0 spiro atoms. The number of methoxy groups -OCH3 is 1. The zero-order valence-corrected chi connectivity index (χ0v) is 22.3. The van der Waals surface area contributed by atoms with E-state index in [0.29, 0.717) is 38.6 Å². The Morgan fingerprint density at radius 3 is 2.39 bits per heavy atom. The molecule has 1 amide bonds. The summed E-state index contributed by atoms with van der Waals surface area (Å²) in [6, 6.07) is 23.8. The minimum absolute atomic E-state index is 0.0290. The van der Waals surface area contributed by atoms with Crippen LogP contribution >= 0.6 is 11.3 Å². The fraction of sp³-hybridized carbons (Fsp3) is 0.167. The van der Waals surface area contributed by atoms with Gasteiger partial charge in [0.05, 0.1) is 24.1 Å². The van der Waals surface area contributed by atoms with E-state index in [-0.39, 0.29) is 11.3 Å². The highest BCUT2D eigenvalue weighted by molar-refractivity contribution is 7.07. The van der Waals surface area contributed by atoms with E-state index in [4.69, 9.17) is 14.1 Å². The van der Waals surface area contributed by atoms with E-state index in [1.165, 1.54) is 16.0 Å². The normalized spacial score (nSPS) is 12.1. The molecule has 192 valence electrons. The van der Waals surface area contributed by atoms with Gasteiger partial charge in [0.1, 0.15) is 11.3 Å². The topological polar surface area (TPSA) is 85.8 Å². The molecule has 0 radical (unpaired) electrons. The Morgan fingerprint density at radius 2 is 1.71 bits per heavy atom. The predicted molar refractivity (Wildman–Crippen MR) is 151 cm³/mol. The lowest BCUT2D eigenvalue weighted by molar-refractivity contribution is 0.101. The zero-order chi connectivity index (χ0) is 26.9. The number of hydrogen-bond donors (Lipinski definition) is 1. The maximum Gasteiger partial charge on any atom is 0.345 e. The van der Waals surface area contributed by atoms with Crippen molar-refractivity contribution in [1.29, 1.82) is 0 Å². The second kappa shape index (κ2) is 10.1. The van der Waals surface area contributed by atoms with Gasteiger partial charge < -0.3 is 9.15 Å². The van der Waals surface area contributed by atoms with Gasteiger partial charge in [-0.25, -0.2) is 14.5 Å². The van der Waals surface area contributed by atoms with Gasteiger partial charge in [-0.15, -0.1) is 11.3 Å². The number of benzene rings is 3. The van der Waals surface area contributed by atoms with Crippen molar-refractivity contribution in [1.82, 2.24) is 4.68 Å². The number of amides is 1. The Labute approximate surface area is 223 Å². The molecule has 1 N–H and O–H groups in total. The maximum absolute atomic E-state index is 13.4. The lowest BCUT2D eigenvalue weighted by atomic mass is 9.87. The SMILES string of the molecule is COc1ccc(N=c2scc(-c3cc4ccccc4oc3=O)n2NC(=O)c2ccc(C(C)(C)C)cc2)cc1. The third-order valence-corrected chi connectivity index (χ3v) is 6.97. The van der Waals surface area contributed by atoms with Crippen LogP contribution in [0.4, 0.5) is 5.69 Å². The van der Waals surface area contributed by atoms with Crippen molar-refractivity contribution < 1.29 is 13.9 Å². The van der Waals surface area contributed by atoms with E-state index in [2.05, 4.69) is 26.2 Å². The third kappa shape index (κ3) is 5.17. The van der Waals surface area contributed by atoms with Crippen molar-refractivity contribution >= 4 is 33.9 Å². The molecule has 7 nitrogen and oxygen atoms in total. The number of hydrogen-bond acceptors (Lipinski definition) is 6. The molecular formula is C30H27N3O4S. The van der Waals surface area contributed by atoms with Crippen molar-refractivity contribution in [2.75, 3.05) is 12.5 Å². The van der Waals surface area contributed by atoms with E-state index < -0.39 is 5.63 Å². The fourth-order valence-electron chi connectivity index (χ4n) is 3.98. The van der Waals surface area contributed by atoms with Gasteiger partial charge in [-0.05, 0) is 59.5 Å². The zero-order valence-electron chi connectivity index (χ0n) is 21.5. The largest absolute Gasteiger partial charge is 0.497 e. The quantitative estimate of drug-likeness (QED) is 0.275. The lowest BCUT2D eigenvalue weighted by Gasteiger charge is -2.19. The van der Waals surface area contributed by atoms with E-state index in [1.54, 1.807) is 36.8 Å². The van der Waals surface area contributed by atoms with Crippen molar-refractivity contribution in [3.05, 3.63) is 111 Å². The number of fused-ring (bicyclic) bond motifs is 1. The first-order chi connectivity index (χ1) is 18.2. The number of para-hydroxylation sites is 1. The maximum atomic E-state index is 13.4. The van der Waals surface area contributed by atoms with Gasteiger partial charge in [-0.3, -0.25) is 10.2 Å². The second-order valence-corrected chi connectivity index (χ2v) is 10.6. The van der Waals surface area contributed by atoms with Crippen LogP contribution in [-0.2, 0) is 5.41 Å². The van der Waals surface area contributed by atoms with Crippen molar-refractivity contribution in [2.45, 2.75) is 26.2 Å². The number of carbonyl (C=O) groups is 1. The van der Waals surface area contributed by atoms with E-state index in [9.17, 15) is 9.59 Å². The summed E-state index contributed by atoms with van der Waals surface area (Å²) in [6.45, 7) is 6.37. The Bertz CT molecular complexity index is 1740. The van der Waals surface area contributed by atoms with Crippen LogP contribution < -0.4 is 20.6 Å². The Hall–Kier alpha value is -4.43. The number of ether oxygens (including phenoxy) is 1. The van der Waals surface area contributed by atoms with Crippen LogP contribution in [0.3, 0.4) is 0 Å². The highest BCUT2D eigenvalue weighted by atomic mass is 32.1. The smallest absolute Gasteiger partial charge is 0.345 e. The van der Waals surface area contributed by atoms with Gasteiger partial charge in [-0.2, -0.15) is 0 Å². The molecule has 8 heteroatoms. The summed E-state index contributed by atoms with van der Waals surface area (Å²) >= 11 is 1.30. The molecule has 0 saturated carbocycles. The van der Waals surface area contributed by atoms with Gasteiger partial charge in [0.15, 0.2) is 0 Å².